The number of carboxylic acid groups (broad SMARTS) is 1. The van der Waals surface area contributed by atoms with Gasteiger partial charge < -0.3 is 30.9 Å². The van der Waals surface area contributed by atoms with Gasteiger partial charge in [-0.1, -0.05) is 26.9 Å². The molecule has 0 bridgehead atoms. The maximum atomic E-state index is 12.8. The molecule has 360 valence electrons. The van der Waals surface area contributed by atoms with E-state index in [1.54, 1.807) is 0 Å². The lowest BCUT2D eigenvalue weighted by atomic mass is 10.1. The van der Waals surface area contributed by atoms with Crippen LogP contribution in [0.2, 0.25) is 5.28 Å². The van der Waals surface area contributed by atoms with Gasteiger partial charge in [0.15, 0.2) is 10.9 Å². The molecule has 0 aliphatic carbocycles. The maximum absolute atomic E-state index is 12.8. The summed E-state index contributed by atoms with van der Waals surface area (Å²) in [6.45, 7) is 0. The number of nitrogens with one attached hydrogen (secondary N) is 1. The Labute approximate surface area is 398 Å². The van der Waals surface area contributed by atoms with E-state index in [0.29, 0.717) is 36.1 Å². The average molecular weight is 1090 g/mol. The fraction of sp³-hybridized carbons (Fsp3) is 0.0690. The molecule has 0 amide bonds. The number of benzene rings is 4. The summed E-state index contributed by atoms with van der Waals surface area (Å²) in [6.07, 6.45) is 0. The third kappa shape index (κ3) is 15.3. The van der Waals surface area contributed by atoms with E-state index < -0.39 is 87.4 Å². The average Bonchev–Trinajstić information content (AvgIpc) is 3.25. The Morgan fingerprint density at radius 2 is 1.42 bits per heavy atom. The van der Waals surface area contributed by atoms with E-state index in [1.165, 1.54) is 24.3 Å². The van der Waals surface area contributed by atoms with E-state index in [2.05, 4.69) is 68.8 Å². The number of carboxylic acids is 1. The minimum absolute atomic E-state index is 0. The summed E-state index contributed by atoms with van der Waals surface area (Å²) in [7, 11) is -10.3. The molecule has 1 heterocycles. The summed E-state index contributed by atoms with van der Waals surface area (Å²) in [5, 5.41) is 74.5. The van der Waals surface area contributed by atoms with Gasteiger partial charge >= 0.3 is 11.9 Å². The fourth-order valence-electron chi connectivity index (χ4n) is 4.78. The van der Waals surface area contributed by atoms with Crippen LogP contribution in [0, 0.1) is 0 Å². The van der Waals surface area contributed by atoms with Gasteiger partial charge in [-0.25, -0.2) is 15.8 Å². The van der Waals surface area contributed by atoms with Crippen LogP contribution in [0.3, 0.4) is 0 Å². The van der Waals surface area contributed by atoms with Gasteiger partial charge in [0.2, 0.25) is 11.2 Å². The molecule has 4 aromatic carbocycles. The largest absolute Gasteiger partial charge is 0.505 e. The topological polar surface area (TPSA) is 466 Å². The number of nitrogen functional groups attached to an aromatic ring is 1. The van der Waals surface area contributed by atoms with E-state index in [4.69, 9.17) is 42.4 Å². The lowest BCUT2D eigenvalue weighted by Gasteiger charge is -2.14. The van der Waals surface area contributed by atoms with Crippen LogP contribution in [0.1, 0.15) is 0 Å². The smallest absolute Gasteiger partial charge is 0.330 e. The number of halogens is 1. The van der Waals surface area contributed by atoms with Gasteiger partial charge in [0.05, 0.1) is 62.7 Å². The summed E-state index contributed by atoms with van der Waals surface area (Å²) < 4.78 is 88.5. The number of hydrogen-bond donors (Lipinski definition) is 9. The minimum Gasteiger partial charge on any atom is -0.505 e. The van der Waals surface area contributed by atoms with Crippen LogP contribution in [-0.4, -0.2) is 95.8 Å². The number of fused-ring (bicyclic) bond motifs is 1. The van der Waals surface area contributed by atoms with Crippen molar-refractivity contribution in [2.45, 2.75) is 29.6 Å². The molecule has 0 aliphatic rings. The van der Waals surface area contributed by atoms with Crippen molar-refractivity contribution in [1.29, 1.82) is 0 Å². The summed E-state index contributed by atoms with van der Waals surface area (Å²) in [6, 6.07) is 8.89. The van der Waals surface area contributed by atoms with Crippen LogP contribution < -0.4 is 11.1 Å². The molecule has 5 aromatic rings. The predicted molar refractivity (Wildman–Crippen MR) is 232 cm³/mol. The third-order valence-electron chi connectivity index (χ3n) is 7.24. The number of nitrogens with zero attached hydrogens (tertiary/aromatic N) is 7. The fourth-order valence-corrected chi connectivity index (χ4v) is 8.71. The number of rotatable bonds is 23. The maximum Gasteiger partial charge on any atom is 0.330 e. The number of nitrogens with two attached hydrogens (primary N) is 1. The van der Waals surface area contributed by atoms with E-state index in [1.807, 2.05) is 0 Å². The Morgan fingerprint density at radius 1 is 0.761 bits per heavy atom. The number of carbonyl (C=O) groups is 2. The second kappa shape index (κ2) is 25.0. The molecule has 0 unspecified atom stereocenters. The normalized spacial score (nSPS) is 11.9. The highest BCUT2D eigenvalue weighted by Gasteiger charge is 2.26. The van der Waals surface area contributed by atoms with Crippen LogP contribution in [-0.2, 0) is 62.1 Å². The first kappa shape index (κ1) is 54.8. The molecule has 12 N–H and O–H groups in total. The number of phenols is 1. The summed E-state index contributed by atoms with van der Waals surface area (Å²) in [5.41, 5.74) is 3.73. The van der Waals surface area contributed by atoms with Gasteiger partial charge in [0.25, 0.3) is 20.2 Å². The van der Waals surface area contributed by atoms with E-state index >= 15 is 0 Å². The van der Waals surface area contributed by atoms with Crippen molar-refractivity contribution in [1.82, 2.24) is 15.0 Å². The first-order valence-corrected chi connectivity index (χ1v) is 23.7. The van der Waals surface area contributed by atoms with Gasteiger partial charge in [-0.3, -0.25) is 18.7 Å². The van der Waals surface area contributed by atoms with Gasteiger partial charge in [-0.05, 0) is 65.5 Å². The Bertz CT molecular complexity index is 2930. The van der Waals surface area contributed by atoms with Crippen molar-refractivity contribution in [2.24, 2.45) is 20.5 Å². The second-order valence-electron chi connectivity index (χ2n) is 11.4. The van der Waals surface area contributed by atoms with Crippen molar-refractivity contribution in [3.05, 3.63) is 53.8 Å². The Balaban J connectivity index is 0.00000980. The highest BCUT2D eigenvalue weighted by atomic mass is 35.5. The number of aromatic nitrogens is 3. The van der Waals surface area contributed by atoms with Crippen molar-refractivity contribution < 1.29 is 99.3 Å². The number of hydrogen-bond acceptors (Lipinski definition) is 31. The molecule has 1 aromatic heterocycles. The van der Waals surface area contributed by atoms with Gasteiger partial charge in [-0.2, -0.15) is 31.8 Å². The van der Waals surface area contributed by atoms with Crippen LogP contribution in [0.15, 0.2) is 98.6 Å². The summed E-state index contributed by atoms with van der Waals surface area (Å²) in [4.78, 5) is 32.5. The Kier molecular flexibility index (Phi) is 20.4. The number of carbonyl (C=O) groups excluding carboxylic acids is 1. The monoisotopic (exact) mass is 1090 g/mol. The molecular weight excluding hydrogens is 1070 g/mol. The highest BCUT2D eigenvalue weighted by Crippen LogP contribution is 2.50. The Hall–Kier alpha value is -4.85. The molecule has 0 fully saturated rings. The van der Waals surface area contributed by atoms with Crippen LogP contribution in [0.4, 0.5) is 40.1 Å². The zero-order valence-corrected chi connectivity index (χ0v) is 38.4. The van der Waals surface area contributed by atoms with E-state index in [0.717, 1.165) is 36.0 Å². The molecule has 0 radical (unpaired) electrons. The zero-order valence-electron chi connectivity index (χ0n) is 31.9. The van der Waals surface area contributed by atoms with Gasteiger partial charge in [-0.15, -0.1) is 33.5 Å². The van der Waals surface area contributed by atoms with Crippen molar-refractivity contribution in [3.8, 4) is 5.75 Å². The van der Waals surface area contributed by atoms with Crippen LogP contribution in [0.25, 0.3) is 10.8 Å². The van der Waals surface area contributed by atoms with Crippen molar-refractivity contribution in [2.75, 3.05) is 22.6 Å². The highest BCUT2D eigenvalue weighted by molar-refractivity contribution is 7.99. The molecule has 0 saturated heterocycles. The molecule has 0 atom stereocenters. The number of thioether (sulfide) groups is 1. The summed E-state index contributed by atoms with van der Waals surface area (Å²) >= 11 is 7.99. The van der Waals surface area contributed by atoms with Crippen LogP contribution >= 0.6 is 71.5 Å². The molecule has 0 aliphatic heterocycles. The molecular formula is C29H24ClN9O21S7. The van der Waals surface area contributed by atoms with Gasteiger partial charge in [0.1, 0.15) is 38.3 Å². The quantitative estimate of drug-likeness (QED) is 0.00471. The molecule has 30 nitrogen and oxygen atoms in total. The summed E-state index contributed by atoms with van der Waals surface area (Å²) in [5.74, 6) is -4.03. The molecule has 5 rings (SSSR count). The number of azo groups is 2. The van der Waals surface area contributed by atoms with Crippen molar-refractivity contribution in [3.63, 3.8) is 0 Å². The molecule has 67 heavy (non-hydrogen) atoms. The standard InChI is InChI=1S/C29H22ClN9O20S7.H2O/c30-27-33-28(35-29(34-27)60-9-20(40)41)32-12-1-4-16(63-58-55-45)15(7-12)37-39-25-19(66(50,51)52)6-11-5-17(64-59-56-46)24(26(43)22(11)23(25)31)38-36-14-3-2-13(8-18(14)65(47,48)49)62-53-21(42)10-61-57-54-44;/h1-8,43-46H,9-10,31H2,(H,40,41)(H,47,48,49)(H,50,51,52)(H,32,33,34,35);1H2. The molecule has 38 heteroatoms. The van der Waals surface area contributed by atoms with Gasteiger partial charge in [0, 0.05) is 22.6 Å². The molecule has 0 saturated carbocycles. The number of aromatic hydroxyl groups is 1. The predicted octanol–water partition coefficient (Wildman–Crippen LogP) is 6.86. The Morgan fingerprint density at radius 3 is 2.07 bits per heavy atom. The number of phenolic OH excluding ortho intramolecular Hbond substituents is 1. The second-order valence-corrected chi connectivity index (χ2v) is 18.4. The lowest BCUT2D eigenvalue weighted by Crippen LogP contribution is -2.03. The SMILES string of the molecule is Nc1c(N=Nc2cc(Nc3nc(Cl)nc(SCC(=O)O)n3)ccc2SOOO)c(S(=O)(=O)O)cc2cc(SOOO)c(N=Nc3ccc(SOC(=O)CSOOO)cc3S(=O)(=O)O)c(O)c12.O. The molecule has 0 spiro atoms. The number of aliphatic carboxylic acids is 1. The number of anilines is 3. The third-order valence-corrected chi connectivity index (χ3v) is 12.5. The first-order chi connectivity index (χ1) is 31.3. The van der Waals surface area contributed by atoms with E-state index in [9.17, 15) is 40.6 Å². The minimum atomic E-state index is -5.24. The lowest BCUT2D eigenvalue weighted by molar-refractivity contribution is -0.432. The zero-order chi connectivity index (χ0) is 48.2. The first-order valence-electron chi connectivity index (χ1n) is 16.3. The van der Waals surface area contributed by atoms with Crippen LogP contribution in [0.5, 0.6) is 5.75 Å². The van der Waals surface area contributed by atoms with E-state index in [-0.39, 0.29) is 65.4 Å². The van der Waals surface area contributed by atoms with Crippen molar-refractivity contribution >= 4 is 155 Å².